The van der Waals surface area contributed by atoms with E-state index in [-0.39, 0.29) is 21.6 Å². The van der Waals surface area contributed by atoms with Gasteiger partial charge in [-0.05, 0) is 42.3 Å². The van der Waals surface area contributed by atoms with Crippen LogP contribution in [0.25, 0.3) is 0 Å². The summed E-state index contributed by atoms with van der Waals surface area (Å²) in [6, 6.07) is 21.7. The lowest BCUT2D eigenvalue weighted by Gasteiger charge is -2.26. The molecule has 0 spiro atoms. The van der Waals surface area contributed by atoms with Crippen LogP contribution in [0.4, 0.5) is 5.69 Å². The number of hydrogen-bond donors (Lipinski definition) is 1. The fraction of sp³-hybridized carbons (Fsp3) is 0.174. The van der Waals surface area contributed by atoms with E-state index in [4.69, 9.17) is 23.2 Å². The third-order valence-electron chi connectivity index (χ3n) is 4.75. The Morgan fingerprint density at radius 3 is 2.13 bits per heavy atom. The summed E-state index contributed by atoms with van der Waals surface area (Å²) in [6.45, 7) is 1.55. The Balaban J connectivity index is 1.93. The molecule has 162 valence electrons. The normalized spacial score (nSPS) is 12.2. The molecule has 0 saturated heterocycles. The van der Waals surface area contributed by atoms with Gasteiger partial charge in [0.05, 0.1) is 26.7 Å². The zero-order valence-electron chi connectivity index (χ0n) is 16.8. The van der Waals surface area contributed by atoms with Gasteiger partial charge in [-0.15, -0.1) is 0 Å². The second kappa shape index (κ2) is 10.2. The van der Waals surface area contributed by atoms with Crippen molar-refractivity contribution in [2.24, 2.45) is 0 Å². The van der Waals surface area contributed by atoms with Crippen molar-refractivity contribution in [3.8, 4) is 0 Å². The molecule has 5 nitrogen and oxygen atoms in total. The summed E-state index contributed by atoms with van der Waals surface area (Å²) < 4.78 is 27.8. The van der Waals surface area contributed by atoms with Gasteiger partial charge in [0.15, 0.2) is 0 Å². The van der Waals surface area contributed by atoms with Crippen molar-refractivity contribution < 1.29 is 13.2 Å². The highest BCUT2D eigenvalue weighted by atomic mass is 35.5. The number of halogens is 2. The molecule has 3 aromatic carbocycles. The molecule has 1 amide bonds. The minimum Gasteiger partial charge on any atom is -0.348 e. The first-order valence-electron chi connectivity index (χ1n) is 9.70. The quantitative estimate of drug-likeness (QED) is 0.469. The molecule has 0 aromatic heterocycles. The Hall–Kier alpha value is -2.54. The molecule has 31 heavy (non-hydrogen) atoms. The standard InChI is InChI=1S/C23H22Cl2N2O3S/c1-2-22(17-9-5-3-6-10-17)26-23(28)16-27(18-13-14-20(24)21(25)15-18)31(29,30)19-11-7-4-8-12-19/h3-15,22H,2,16H2,1H3,(H,26,28). The van der Waals surface area contributed by atoms with Crippen molar-refractivity contribution in [1.82, 2.24) is 5.32 Å². The second-order valence-electron chi connectivity index (χ2n) is 6.86. The maximum Gasteiger partial charge on any atom is 0.264 e. The largest absolute Gasteiger partial charge is 0.348 e. The Bertz CT molecular complexity index is 1140. The minimum atomic E-state index is -4.02. The average molecular weight is 477 g/mol. The minimum absolute atomic E-state index is 0.0731. The molecule has 3 rings (SSSR count). The van der Waals surface area contributed by atoms with Crippen LogP contribution in [0.3, 0.4) is 0 Å². The van der Waals surface area contributed by atoms with Crippen molar-refractivity contribution in [1.29, 1.82) is 0 Å². The van der Waals surface area contributed by atoms with Gasteiger partial charge in [-0.3, -0.25) is 9.10 Å². The fourth-order valence-electron chi connectivity index (χ4n) is 3.15. The molecule has 0 radical (unpaired) electrons. The van der Waals surface area contributed by atoms with E-state index < -0.39 is 22.5 Å². The maximum atomic E-state index is 13.4. The number of nitrogens with one attached hydrogen (secondary N) is 1. The molecular weight excluding hydrogens is 455 g/mol. The van der Waals surface area contributed by atoms with Crippen molar-refractivity contribution in [3.63, 3.8) is 0 Å². The molecule has 0 aliphatic rings. The molecular formula is C23H22Cl2N2O3S. The number of rotatable bonds is 8. The van der Waals surface area contributed by atoms with Crippen LogP contribution >= 0.6 is 23.2 Å². The lowest BCUT2D eigenvalue weighted by Crippen LogP contribution is -2.42. The van der Waals surface area contributed by atoms with Crippen LogP contribution < -0.4 is 9.62 Å². The molecule has 1 atom stereocenters. The maximum absolute atomic E-state index is 13.4. The first-order chi connectivity index (χ1) is 14.8. The first kappa shape index (κ1) is 23.1. The van der Waals surface area contributed by atoms with Crippen LogP contribution in [0, 0.1) is 0 Å². The number of amides is 1. The van der Waals surface area contributed by atoms with Gasteiger partial charge in [0, 0.05) is 0 Å². The summed E-state index contributed by atoms with van der Waals surface area (Å²) in [4.78, 5) is 13.0. The summed E-state index contributed by atoms with van der Waals surface area (Å²) >= 11 is 12.1. The van der Waals surface area contributed by atoms with E-state index in [1.165, 1.54) is 30.3 Å². The van der Waals surface area contributed by atoms with Gasteiger partial charge >= 0.3 is 0 Å². The number of anilines is 1. The highest BCUT2D eigenvalue weighted by molar-refractivity contribution is 7.92. The van der Waals surface area contributed by atoms with Crippen molar-refractivity contribution in [2.75, 3.05) is 10.8 Å². The summed E-state index contributed by atoms with van der Waals surface area (Å²) in [7, 11) is -4.02. The number of nitrogens with zero attached hydrogens (tertiary/aromatic N) is 1. The van der Waals surface area contributed by atoms with Crippen LogP contribution in [0.1, 0.15) is 24.9 Å². The Kier molecular flexibility index (Phi) is 7.59. The second-order valence-corrected chi connectivity index (χ2v) is 9.54. The van der Waals surface area contributed by atoms with Crippen LogP contribution in [0.5, 0.6) is 0 Å². The van der Waals surface area contributed by atoms with E-state index in [0.717, 1.165) is 9.87 Å². The average Bonchev–Trinajstić information content (AvgIpc) is 2.79. The third kappa shape index (κ3) is 5.58. The molecule has 1 N–H and O–H groups in total. The molecule has 0 bridgehead atoms. The molecule has 0 saturated carbocycles. The van der Waals surface area contributed by atoms with Crippen molar-refractivity contribution in [3.05, 3.63) is 94.5 Å². The summed E-state index contributed by atoms with van der Waals surface area (Å²) in [5.74, 6) is -0.429. The molecule has 0 aliphatic heterocycles. The topological polar surface area (TPSA) is 66.5 Å². The van der Waals surface area contributed by atoms with E-state index in [1.54, 1.807) is 18.2 Å². The monoisotopic (exact) mass is 476 g/mol. The predicted octanol–water partition coefficient (Wildman–Crippen LogP) is 5.46. The van der Waals surface area contributed by atoms with Gasteiger partial charge in [0.2, 0.25) is 5.91 Å². The third-order valence-corrected chi connectivity index (χ3v) is 7.28. The molecule has 0 heterocycles. The summed E-state index contributed by atoms with van der Waals surface area (Å²) in [6.07, 6.45) is 0.661. The van der Waals surface area contributed by atoms with Gasteiger partial charge < -0.3 is 5.32 Å². The SMILES string of the molecule is CCC(NC(=O)CN(c1ccc(Cl)c(Cl)c1)S(=O)(=O)c1ccccc1)c1ccccc1. The Labute approximate surface area is 192 Å². The van der Waals surface area contributed by atoms with E-state index in [0.29, 0.717) is 11.4 Å². The number of benzene rings is 3. The van der Waals surface area contributed by atoms with Crippen molar-refractivity contribution >= 4 is 44.8 Å². The van der Waals surface area contributed by atoms with Gasteiger partial charge in [-0.25, -0.2) is 8.42 Å². The van der Waals surface area contributed by atoms with E-state index >= 15 is 0 Å². The highest BCUT2D eigenvalue weighted by Gasteiger charge is 2.28. The highest BCUT2D eigenvalue weighted by Crippen LogP contribution is 2.30. The summed E-state index contributed by atoms with van der Waals surface area (Å²) in [5.41, 5.74) is 1.20. The lowest BCUT2D eigenvalue weighted by molar-refractivity contribution is -0.120. The van der Waals surface area contributed by atoms with Gasteiger partial charge in [0.1, 0.15) is 6.54 Å². The zero-order chi connectivity index (χ0) is 22.4. The summed E-state index contributed by atoms with van der Waals surface area (Å²) in [5, 5.41) is 3.42. The molecule has 8 heteroatoms. The molecule has 3 aromatic rings. The van der Waals surface area contributed by atoms with Crippen LogP contribution in [0.15, 0.2) is 83.8 Å². The fourth-order valence-corrected chi connectivity index (χ4v) is 4.88. The Morgan fingerprint density at radius 2 is 1.55 bits per heavy atom. The smallest absolute Gasteiger partial charge is 0.264 e. The number of carbonyl (C=O) groups excluding carboxylic acids is 1. The van der Waals surface area contributed by atoms with Gasteiger partial charge in [-0.2, -0.15) is 0 Å². The molecule has 1 unspecified atom stereocenters. The number of carbonyl (C=O) groups is 1. The lowest BCUT2D eigenvalue weighted by atomic mass is 10.0. The predicted molar refractivity (Wildman–Crippen MR) is 125 cm³/mol. The first-order valence-corrected chi connectivity index (χ1v) is 11.9. The van der Waals surface area contributed by atoms with Crippen LogP contribution in [0.2, 0.25) is 10.0 Å². The number of hydrogen-bond acceptors (Lipinski definition) is 3. The van der Waals surface area contributed by atoms with Gasteiger partial charge in [0.25, 0.3) is 10.0 Å². The number of sulfonamides is 1. The van der Waals surface area contributed by atoms with Crippen LogP contribution in [-0.4, -0.2) is 20.9 Å². The van der Waals surface area contributed by atoms with E-state index in [1.807, 2.05) is 37.3 Å². The Morgan fingerprint density at radius 1 is 0.935 bits per heavy atom. The van der Waals surface area contributed by atoms with Gasteiger partial charge in [-0.1, -0.05) is 78.7 Å². The molecule has 0 fully saturated rings. The van der Waals surface area contributed by atoms with E-state index in [2.05, 4.69) is 5.32 Å². The van der Waals surface area contributed by atoms with Crippen molar-refractivity contribution in [2.45, 2.75) is 24.3 Å². The van der Waals surface area contributed by atoms with E-state index in [9.17, 15) is 13.2 Å². The zero-order valence-corrected chi connectivity index (χ0v) is 19.2. The molecule has 0 aliphatic carbocycles. The van der Waals surface area contributed by atoms with Crippen LogP contribution in [-0.2, 0) is 14.8 Å².